The monoisotopic (exact) mass is 257 g/mol. The van der Waals surface area contributed by atoms with E-state index in [2.05, 4.69) is 20.7 Å². The number of amides is 1. The second-order valence-electron chi connectivity index (χ2n) is 3.24. The number of oxime groups is 1. The average molecular weight is 257 g/mol. The van der Waals surface area contributed by atoms with Gasteiger partial charge in [0.05, 0.1) is 25.0 Å². The number of hydrogen-bond donors (Lipinski definition) is 4. The molecule has 0 bridgehead atoms. The number of rotatable bonds is 7. The van der Waals surface area contributed by atoms with Crippen LogP contribution in [-0.2, 0) is 14.3 Å². The average Bonchev–Trinajstić information content (AvgIpc) is 2.82. The third kappa shape index (κ3) is 4.03. The highest BCUT2D eigenvalue weighted by atomic mass is 16.5. The van der Waals surface area contributed by atoms with Gasteiger partial charge < -0.3 is 25.7 Å². The molecule has 0 aliphatic rings. The van der Waals surface area contributed by atoms with Gasteiger partial charge in [-0.3, -0.25) is 9.89 Å². The highest BCUT2D eigenvalue weighted by molar-refractivity contribution is 6.04. The maximum atomic E-state index is 11.5. The lowest BCUT2D eigenvalue weighted by atomic mass is 10.3. The molecule has 0 fully saturated rings. The zero-order chi connectivity index (χ0) is 13.4. The summed E-state index contributed by atoms with van der Waals surface area (Å²) in [6, 6.07) is 0. The summed E-state index contributed by atoms with van der Waals surface area (Å²) >= 11 is 0. The standard InChI is InChI=1S/C9H15N5O4/c1-17-2-3-18-5-7(15)12-9-6(4-11-13-9)8(10)14-16/h4,16H,2-3,5H2,1H3,(H2,10,14)(H2,11,12,13,15). The van der Waals surface area contributed by atoms with E-state index in [9.17, 15) is 4.79 Å². The number of aromatic amines is 1. The second-order valence-corrected chi connectivity index (χ2v) is 3.24. The zero-order valence-corrected chi connectivity index (χ0v) is 9.84. The van der Waals surface area contributed by atoms with Gasteiger partial charge in [-0.25, -0.2) is 0 Å². The Bertz CT molecular complexity index is 417. The molecule has 1 rings (SSSR count). The van der Waals surface area contributed by atoms with Gasteiger partial charge in [-0.15, -0.1) is 0 Å². The van der Waals surface area contributed by atoms with Gasteiger partial charge in [0, 0.05) is 7.11 Å². The number of H-pyrrole nitrogens is 1. The van der Waals surface area contributed by atoms with E-state index in [1.165, 1.54) is 13.3 Å². The lowest BCUT2D eigenvalue weighted by molar-refractivity contribution is -0.121. The van der Waals surface area contributed by atoms with Crippen LogP contribution in [0.15, 0.2) is 11.4 Å². The van der Waals surface area contributed by atoms with Gasteiger partial charge in [-0.2, -0.15) is 5.10 Å². The summed E-state index contributed by atoms with van der Waals surface area (Å²) in [6.45, 7) is 0.602. The van der Waals surface area contributed by atoms with E-state index in [1.807, 2.05) is 0 Å². The van der Waals surface area contributed by atoms with Crippen molar-refractivity contribution in [2.24, 2.45) is 10.9 Å². The fraction of sp³-hybridized carbons (Fsp3) is 0.444. The quantitative estimate of drug-likeness (QED) is 0.164. The molecular formula is C9H15N5O4. The maximum Gasteiger partial charge on any atom is 0.251 e. The van der Waals surface area contributed by atoms with Gasteiger partial charge >= 0.3 is 0 Å². The van der Waals surface area contributed by atoms with E-state index < -0.39 is 0 Å². The van der Waals surface area contributed by atoms with Crippen LogP contribution in [0.2, 0.25) is 0 Å². The van der Waals surface area contributed by atoms with Gasteiger partial charge in [0.2, 0.25) is 0 Å². The van der Waals surface area contributed by atoms with Crippen molar-refractivity contribution in [2.75, 3.05) is 32.2 Å². The number of aromatic nitrogens is 2. The van der Waals surface area contributed by atoms with Crippen LogP contribution in [0.25, 0.3) is 0 Å². The Morgan fingerprint density at radius 2 is 2.44 bits per heavy atom. The first-order chi connectivity index (χ1) is 8.69. The number of anilines is 1. The van der Waals surface area contributed by atoms with Crippen LogP contribution < -0.4 is 11.1 Å². The molecule has 9 nitrogen and oxygen atoms in total. The number of carbonyl (C=O) groups excluding carboxylic acids is 1. The maximum absolute atomic E-state index is 11.5. The molecule has 9 heteroatoms. The summed E-state index contributed by atoms with van der Waals surface area (Å²) in [7, 11) is 1.54. The Hall–Kier alpha value is -2.13. The highest BCUT2D eigenvalue weighted by Crippen LogP contribution is 2.09. The molecule has 0 aliphatic carbocycles. The second kappa shape index (κ2) is 7.25. The summed E-state index contributed by atoms with van der Waals surface area (Å²) in [5.74, 6) is -0.299. The number of carbonyl (C=O) groups is 1. The smallest absolute Gasteiger partial charge is 0.251 e. The van der Waals surface area contributed by atoms with Crippen LogP contribution in [0.1, 0.15) is 5.56 Å². The molecule has 100 valence electrons. The lowest BCUT2D eigenvalue weighted by Crippen LogP contribution is -2.22. The van der Waals surface area contributed by atoms with Crippen LogP contribution in [0.3, 0.4) is 0 Å². The Balaban J connectivity index is 2.47. The van der Waals surface area contributed by atoms with Crippen molar-refractivity contribution in [3.05, 3.63) is 11.8 Å². The van der Waals surface area contributed by atoms with Crippen LogP contribution in [-0.4, -0.2) is 54.1 Å². The molecule has 0 unspecified atom stereocenters. The number of nitrogens with one attached hydrogen (secondary N) is 2. The summed E-state index contributed by atoms with van der Waals surface area (Å²) in [6.07, 6.45) is 1.33. The Morgan fingerprint density at radius 3 is 3.11 bits per heavy atom. The predicted molar refractivity (Wildman–Crippen MR) is 62.4 cm³/mol. The van der Waals surface area contributed by atoms with Crippen LogP contribution in [0, 0.1) is 0 Å². The molecular weight excluding hydrogens is 242 g/mol. The van der Waals surface area contributed by atoms with Crippen LogP contribution >= 0.6 is 0 Å². The number of hydrogen-bond acceptors (Lipinski definition) is 6. The first-order valence-electron chi connectivity index (χ1n) is 5.06. The van der Waals surface area contributed by atoms with Gasteiger partial charge in [-0.1, -0.05) is 5.16 Å². The molecule has 0 aromatic carbocycles. The van der Waals surface area contributed by atoms with Crippen molar-refractivity contribution < 1.29 is 19.5 Å². The van der Waals surface area contributed by atoms with E-state index in [1.54, 1.807) is 0 Å². The number of ether oxygens (including phenoxy) is 2. The van der Waals surface area contributed by atoms with Gasteiger partial charge in [0.1, 0.15) is 12.4 Å². The minimum Gasteiger partial charge on any atom is -0.409 e. The van der Waals surface area contributed by atoms with Crippen molar-refractivity contribution in [2.45, 2.75) is 0 Å². The molecule has 1 heterocycles. The third-order valence-electron chi connectivity index (χ3n) is 1.95. The molecule has 0 atom stereocenters. The molecule has 5 N–H and O–H groups in total. The summed E-state index contributed by atoms with van der Waals surface area (Å²) in [4.78, 5) is 11.5. The van der Waals surface area contributed by atoms with Crippen LogP contribution in [0.4, 0.5) is 5.82 Å². The van der Waals surface area contributed by atoms with Crippen molar-refractivity contribution >= 4 is 17.6 Å². The largest absolute Gasteiger partial charge is 0.409 e. The normalized spacial score (nSPS) is 11.5. The summed E-state index contributed by atoms with van der Waals surface area (Å²) < 4.78 is 9.79. The Kier molecular flexibility index (Phi) is 5.61. The lowest BCUT2D eigenvalue weighted by Gasteiger charge is -2.05. The molecule has 1 amide bonds. The number of nitrogens with two attached hydrogens (primary N) is 1. The fourth-order valence-corrected chi connectivity index (χ4v) is 1.11. The van der Waals surface area contributed by atoms with E-state index in [0.29, 0.717) is 18.8 Å². The SMILES string of the molecule is COCCOCC(=O)Nc1[nH]ncc1C(N)=NO. The molecule has 1 aromatic heterocycles. The van der Waals surface area contributed by atoms with Crippen molar-refractivity contribution in [1.82, 2.24) is 10.2 Å². The number of methoxy groups -OCH3 is 1. The van der Waals surface area contributed by atoms with E-state index in [-0.39, 0.29) is 24.2 Å². The van der Waals surface area contributed by atoms with Gasteiger partial charge in [0.15, 0.2) is 5.84 Å². The Morgan fingerprint density at radius 1 is 1.67 bits per heavy atom. The van der Waals surface area contributed by atoms with E-state index >= 15 is 0 Å². The topological polar surface area (TPSA) is 135 Å². The van der Waals surface area contributed by atoms with Crippen molar-refractivity contribution in [3.8, 4) is 0 Å². The zero-order valence-electron chi connectivity index (χ0n) is 9.84. The van der Waals surface area contributed by atoms with E-state index in [4.69, 9.17) is 20.4 Å². The molecule has 1 aromatic rings. The molecule has 18 heavy (non-hydrogen) atoms. The number of nitrogens with zero attached hydrogens (tertiary/aromatic N) is 2. The first kappa shape index (κ1) is 13.9. The minimum absolute atomic E-state index is 0.127. The molecule has 0 radical (unpaired) electrons. The highest BCUT2D eigenvalue weighted by Gasteiger charge is 2.12. The first-order valence-corrected chi connectivity index (χ1v) is 5.06. The number of amidine groups is 1. The molecule has 0 aliphatic heterocycles. The minimum atomic E-state index is -0.387. The van der Waals surface area contributed by atoms with Crippen molar-refractivity contribution in [3.63, 3.8) is 0 Å². The molecule has 0 saturated heterocycles. The fourth-order valence-electron chi connectivity index (χ4n) is 1.11. The Labute approximate surface area is 103 Å². The van der Waals surface area contributed by atoms with Gasteiger partial charge in [-0.05, 0) is 0 Å². The third-order valence-corrected chi connectivity index (χ3v) is 1.95. The summed E-state index contributed by atoms with van der Waals surface area (Å²) in [5, 5.41) is 20.0. The van der Waals surface area contributed by atoms with Crippen molar-refractivity contribution in [1.29, 1.82) is 0 Å². The molecule has 0 spiro atoms. The van der Waals surface area contributed by atoms with E-state index in [0.717, 1.165) is 0 Å². The van der Waals surface area contributed by atoms with Crippen LogP contribution in [0.5, 0.6) is 0 Å². The molecule has 0 saturated carbocycles. The van der Waals surface area contributed by atoms with Gasteiger partial charge in [0.25, 0.3) is 5.91 Å². The summed E-state index contributed by atoms with van der Waals surface area (Å²) in [5.41, 5.74) is 5.69. The predicted octanol–water partition coefficient (Wildman–Crippen LogP) is -0.894.